The van der Waals surface area contributed by atoms with Crippen molar-refractivity contribution in [3.8, 4) is 5.75 Å². The number of carbonyl (C=O) groups is 2. The second-order valence-electron chi connectivity index (χ2n) is 8.19. The Morgan fingerprint density at radius 2 is 1.91 bits per heavy atom. The summed E-state index contributed by atoms with van der Waals surface area (Å²) >= 11 is 1.48. The Balaban J connectivity index is 1.58. The summed E-state index contributed by atoms with van der Waals surface area (Å²) in [7, 11) is 0. The Morgan fingerprint density at radius 3 is 2.58 bits per heavy atom. The Hall–Kier alpha value is -2.68. The zero-order chi connectivity index (χ0) is 23.2. The van der Waals surface area contributed by atoms with Crippen molar-refractivity contribution < 1.29 is 24.2 Å². The van der Waals surface area contributed by atoms with Gasteiger partial charge in [0.1, 0.15) is 11.5 Å². The number of benzene rings is 1. The van der Waals surface area contributed by atoms with E-state index in [0.29, 0.717) is 24.5 Å². The number of ketones is 1. The van der Waals surface area contributed by atoms with Gasteiger partial charge >= 0.3 is 0 Å². The number of thiophene rings is 1. The molecule has 1 N–H and O–H groups in total. The number of aliphatic hydroxyl groups is 1. The highest BCUT2D eigenvalue weighted by molar-refractivity contribution is 7.10. The summed E-state index contributed by atoms with van der Waals surface area (Å²) in [5.41, 5.74) is 0.641. The summed E-state index contributed by atoms with van der Waals surface area (Å²) in [6.07, 6.45) is 1.65. The molecule has 2 fully saturated rings. The van der Waals surface area contributed by atoms with Crippen molar-refractivity contribution in [3.63, 3.8) is 0 Å². The van der Waals surface area contributed by atoms with E-state index in [2.05, 4.69) is 4.90 Å². The SMILES string of the molecule is CCCOc1ccc(/C(O)=C2\C(=O)C(=O)N(CCCN3CCOCC3)[C@@H]2c2cccs2)cc1. The first kappa shape index (κ1) is 23.5. The third kappa shape index (κ3) is 5.29. The molecule has 8 heteroatoms. The van der Waals surface area contributed by atoms with Crippen molar-refractivity contribution in [1.82, 2.24) is 9.80 Å². The summed E-state index contributed by atoms with van der Waals surface area (Å²) in [6, 6.07) is 10.2. The van der Waals surface area contributed by atoms with Crippen molar-refractivity contribution in [1.29, 1.82) is 0 Å². The molecule has 33 heavy (non-hydrogen) atoms. The lowest BCUT2D eigenvalue weighted by molar-refractivity contribution is -0.140. The molecule has 0 saturated carbocycles. The molecular weight excluding hydrogens is 440 g/mol. The van der Waals surface area contributed by atoms with Gasteiger partial charge < -0.3 is 19.5 Å². The lowest BCUT2D eigenvalue weighted by atomic mass is 10.00. The van der Waals surface area contributed by atoms with Gasteiger partial charge in [0, 0.05) is 36.6 Å². The number of ether oxygens (including phenoxy) is 2. The summed E-state index contributed by atoms with van der Waals surface area (Å²) in [6.45, 7) is 7.14. The van der Waals surface area contributed by atoms with Crippen LogP contribution in [-0.2, 0) is 14.3 Å². The summed E-state index contributed by atoms with van der Waals surface area (Å²) in [4.78, 5) is 30.8. The molecule has 2 saturated heterocycles. The van der Waals surface area contributed by atoms with Gasteiger partial charge in [0.05, 0.1) is 31.4 Å². The molecule has 0 bridgehead atoms. The zero-order valence-electron chi connectivity index (χ0n) is 18.9. The first-order chi connectivity index (χ1) is 16.1. The molecule has 7 nitrogen and oxygen atoms in total. The van der Waals surface area contributed by atoms with Gasteiger partial charge in [0.2, 0.25) is 0 Å². The molecule has 0 unspecified atom stereocenters. The van der Waals surface area contributed by atoms with Gasteiger partial charge in [-0.1, -0.05) is 13.0 Å². The number of hydrogen-bond acceptors (Lipinski definition) is 7. The van der Waals surface area contributed by atoms with E-state index in [-0.39, 0.29) is 11.3 Å². The zero-order valence-corrected chi connectivity index (χ0v) is 19.7. The van der Waals surface area contributed by atoms with Crippen LogP contribution in [0.5, 0.6) is 5.75 Å². The fraction of sp³-hybridized carbons (Fsp3) is 0.440. The minimum atomic E-state index is -0.636. The van der Waals surface area contributed by atoms with Crippen LogP contribution < -0.4 is 4.74 Å². The number of amides is 1. The van der Waals surface area contributed by atoms with Gasteiger partial charge in [-0.05, 0) is 48.6 Å². The number of carbonyl (C=O) groups excluding carboxylic acids is 2. The average Bonchev–Trinajstić information content (AvgIpc) is 3.46. The summed E-state index contributed by atoms with van der Waals surface area (Å²) in [5, 5.41) is 13.0. The van der Waals surface area contributed by atoms with E-state index in [1.165, 1.54) is 11.3 Å². The Morgan fingerprint density at radius 1 is 1.15 bits per heavy atom. The fourth-order valence-corrected chi connectivity index (χ4v) is 5.07. The number of morpholine rings is 1. The highest BCUT2D eigenvalue weighted by Crippen LogP contribution is 2.41. The Labute approximate surface area is 198 Å². The van der Waals surface area contributed by atoms with Gasteiger partial charge in [0.25, 0.3) is 11.7 Å². The van der Waals surface area contributed by atoms with Gasteiger partial charge in [0.15, 0.2) is 0 Å². The molecule has 3 heterocycles. The molecule has 1 aromatic carbocycles. The molecule has 2 aliphatic heterocycles. The Bertz CT molecular complexity index is 981. The van der Waals surface area contributed by atoms with E-state index >= 15 is 0 Å². The maximum absolute atomic E-state index is 13.1. The lowest BCUT2D eigenvalue weighted by Crippen LogP contribution is -2.38. The number of likely N-dealkylation sites (tertiary alicyclic amines) is 1. The second kappa shape index (κ2) is 11.0. The third-order valence-corrected chi connectivity index (χ3v) is 6.86. The van der Waals surface area contributed by atoms with E-state index in [0.717, 1.165) is 50.6 Å². The molecule has 2 aliphatic rings. The molecule has 2 aromatic rings. The molecule has 1 aromatic heterocycles. The van der Waals surface area contributed by atoms with Gasteiger partial charge in [-0.15, -0.1) is 11.3 Å². The lowest BCUT2D eigenvalue weighted by Gasteiger charge is -2.28. The van der Waals surface area contributed by atoms with Crippen LogP contribution in [0.2, 0.25) is 0 Å². The molecule has 0 spiro atoms. The average molecular weight is 471 g/mol. The van der Waals surface area contributed by atoms with E-state index < -0.39 is 17.7 Å². The maximum atomic E-state index is 13.1. The number of Topliss-reactive ketones (excluding diaryl/α,β-unsaturated/α-hetero) is 1. The third-order valence-electron chi connectivity index (χ3n) is 5.93. The molecule has 0 radical (unpaired) electrons. The van der Waals surface area contributed by atoms with Crippen LogP contribution in [-0.4, -0.2) is 72.6 Å². The number of aliphatic hydroxyl groups excluding tert-OH is 1. The fourth-order valence-electron chi connectivity index (χ4n) is 4.23. The Kier molecular flexibility index (Phi) is 7.80. The van der Waals surface area contributed by atoms with Crippen LogP contribution in [0.4, 0.5) is 0 Å². The molecule has 4 rings (SSSR count). The maximum Gasteiger partial charge on any atom is 0.295 e. The summed E-state index contributed by atoms with van der Waals surface area (Å²) in [5.74, 6) is -0.639. The van der Waals surface area contributed by atoms with Gasteiger partial charge in [-0.3, -0.25) is 14.5 Å². The van der Waals surface area contributed by atoms with Gasteiger partial charge in [-0.2, -0.15) is 0 Å². The molecule has 1 atom stereocenters. The minimum absolute atomic E-state index is 0.149. The van der Waals surface area contributed by atoms with Gasteiger partial charge in [-0.25, -0.2) is 0 Å². The van der Waals surface area contributed by atoms with Crippen LogP contribution in [0.25, 0.3) is 5.76 Å². The number of rotatable bonds is 9. The normalized spacial score (nSPS) is 21.0. The predicted molar refractivity (Wildman–Crippen MR) is 127 cm³/mol. The van der Waals surface area contributed by atoms with Crippen LogP contribution >= 0.6 is 11.3 Å². The van der Waals surface area contributed by atoms with Crippen molar-refractivity contribution in [3.05, 3.63) is 57.8 Å². The van der Waals surface area contributed by atoms with Crippen LogP contribution in [0.15, 0.2) is 47.4 Å². The van der Waals surface area contributed by atoms with E-state index in [9.17, 15) is 14.7 Å². The molecular formula is C25H30N2O5S. The quantitative estimate of drug-likeness (QED) is 0.342. The largest absolute Gasteiger partial charge is 0.507 e. The van der Waals surface area contributed by atoms with Crippen LogP contribution in [0.3, 0.4) is 0 Å². The van der Waals surface area contributed by atoms with Crippen LogP contribution in [0.1, 0.15) is 36.2 Å². The van der Waals surface area contributed by atoms with Crippen molar-refractivity contribution >= 4 is 28.8 Å². The topological polar surface area (TPSA) is 79.3 Å². The number of nitrogens with zero attached hydrogens (tertiary/aromatic N) is 2. The molecule has 0 aliphatic carbocycles. The standard InChI is InChI=1S/C25H30N2O5S/c1-2-14-32-19-8-6-18(7-9-19)23(28)21-22(20-5-3-17-33-20)27(25(30)24(21)29)11-4-10-26-12-15-31-16-13-26/h3,5-9,17,22,28H,2,4,10-16H2,1H3/b23-21+/t22-/m1/s1. The predicted octanol–water partition coefficient (Wildman–Crippen LogP) is 3.68. The van der Waals surface area contributed by atoms with Crippen molar-refractivity contribution in [2.45, 2.75) is 25.8 Å². The highest BCUT2D eigenvalue weighted by atomic mass is 32.1. The van der Waals surface area contributed by atoms with E-state index in [4.69, 9.17) is 9.47 Å². The minimum Gasteiger partial charge on any atom is -0.507 e. The molecule has 176 valence electrons. The van der Waals surface area contributed by atoms with Crippen LogP contribution in [0, 0.1) is 0 Å². The highest BCUT2D eigenvalue weighted by Gasteiger charge is 2.46. The van der Waals surface area contributed by atoms with E-state index in [1.54, 1.807) is 29.2 Å². The smallest absolute Gasteiger partial charge is 0.295 e. The first-order valence-corrected chi connectivity index (χ1v) is 12.3. The van der Waals surface area contributed by atoms with Crippen molar-refractivity contribution in [2.24, 2.45) is 0 Å². The first-order valence-electron chi connectivity index (χ1n) is 11.4. The molecule has 1 amide bonds. The second-order valence-corrected chi connectivity index (χ2v) is 9.17. The summed E-state index contributed by atoms with van der Waals surface area (Å²) < 4.78 is 11.0. The monoisotopic (exact) mass is 470 g/mol. The van der Waals surface area contributed by atoms with E-state index in [1.807, 2.05) is 24.4 Å². The number of hydrogen-bond donors (Lipinski definition) is 1. The van der Waals surface area contributed by atoms with Crippen molar-refractivity contribution in [2.75, 3.05) is 46.0 Å².